The number of carbonyl (C=O) groups is 1. The number of hydrogen-bond acceptors (Lipinski definition) is 2. The van der Waals surface area contributed by atoms with Gasteiger partial charge in [-0.15, -0.1) is 0 Å². The van der Waals surface area contributed by atoms with Gasteiger partial charge in [0.25, 0.3) is 0 Å². The van der Waals surface area contributed by atoms with Crippen LogP contribution < -0.4 is 11.5 Å². The Bertz CT molecular complexity index is 92.2. The van der Waals surface area contributed by atoms with Gasteiger partial charge in [0.15, 0.2) is 0 Å². The third-order valence-corrected chi connectivity index (χ3v) is 1.13. The van der Waals surface area contributed by atoms with Gasteiger partial charge in [0.2, 0.25) is 5.91 Å². The van der Waals surface area contributed by atoms with Crippen LogP contribution in [-0.2, 0) is 4.79 Å². The molecule has 0 saturated heterocycles. The summed E-state index contributed by atoms with van der Waals surface area (Å²) in [5.74, 6) is -0.216. The first-order chi connectivity index (χ1) is 5.27. The molecule has 11 heavy (non-hydrogen) atoms. The standard InChI is InChI=1S/C6H14N2O.C2H6.2H2/c7-5-3-1-2-4-6(8)9;1-2;;/h1-5,7H2,(H2,8,9);1-2H3;2*1H. The highest BCUT2D eigenvalue weighted by Gasteiger charge is 1.91. The summed E-state index contributed by atoms with van der Waals surface area (Å²) in [6.07, 6.45) is 3.39. The first-order valence-electron chi connectivity index (χ1n) is 4.25. The van der Waals surface area contributed by atoms with Gasteiger partial charge in [-0.05, 0) is 19.4 Å². The minimum atomic E-state index is -0.216. The third kappa shape index (κ3) is 17.7. The number of rotatable bonds is 5. The van der Waals surface area contributed by atoms with Crippen LogP contribution in [0, 0.1) is 0 Å². The normalized spacial score (nSPS) is 8.27. The van der Waals surface area contributed by atoms with Gasteiger partial charge >= 0.3 is 0 Å². The van der Waals surface area contributed by atoms with E-state index in [-0.39, 0.29) is 8.76 Å². The summed E-state index contributed by atoms with van der Waals surface area (Å²) in [6.45, 7) is 4.71. The largest absolute Gasteiger partial charge is 0.370 e. The van der Waals surface area contributed by atoms with Gasteiger partial charge in [0.1, 0.15) is 0 Å². The number of nitrogens with two attached hydrogens (primary N) is 2. The van der Waals surface area contributed by atoms with E-state index in [2.05, 4.69) is 0 Å². The van der Waals surface area contributed by atoms with Crippen molar-refractivity contribution in [2.75, 3.05) is 6.54 Å². The van der Waals surface area contributed by atoms with E-state index in [9.17, 15) is 4.79 Å². The monoisotopic (exact) mass is 164 g/mol. The molecule has 0 saturated carbocycles. The van der Waals surface area contributed by atoms with E-state index in [4.69, 9.17) is 11.5 Å². The zero-order chi connectivity index (χ0) is 9.11. The second-order valence-electron chi connectivity index (χ2n) is 2.07. The van der Waals surface area contributed by atoms with Gasteiger partial charge in [-0.2, -0.15) is 0 Å². The van der Waals surface area contributed by atoms with Crippen LogP contribution in [0.15, 0.2) is 0 Å². The second kappa shape index (κ2) is 12.1. The molecule has 0 bridgehead atoms. The Balaban J connectivity index is -0.0000000941. The molecule has 0 aliphatic heterocycles. The Kier molecular flexibility index (Phi) is 14.4. The molecule has 0 heterocycles. The Hall–Kier alpha value is -0.570. The number of amides is 1. The number of unbranched alkanes of at least 4 members (excludes halogenated alkanes) is 2. The van der Waals surface area contributed by atoms with Crippen molar-refractivity contribution >= 4 is 5.91 Å². The van der Waals surface area contributed by atoms with Crippen molar-refractivity contribution in [3.8, 4) is 0 Å². The Labute approximate surface area is 72.1 Å². The van der Waals surface area contributed by atoms with E-state index in [0.29, 0.717) is 13.0 Å². The summed E-state index contributed by atoms with van der Waals surface area (Å²) in [5.41, 5.74) is 10.1. The second-order valence-corrected chi connectivity index (χ2v) is 2.07. The average Bonchev–Trinajstić information content (AvgIpc) is 2.02. The number of carbonyl (C=O) groups excluding carboxylic acids is 1. The van der Waals surface area contributed by atoms with Crippen LogP contribution in [0.5, 0.6) is 0 Å². The first-order valence-corrected chi connectivity index (χ1v) is 4.25. The molecule has 0 aromatic rings. The fourth-order valence-corrected chi connectivity index (χ4v) is 0.620. The average molecular weight is 164 g/mol. The predicted molar refractivity (Wildman–Crippen MR) is 52.3 cm³/mol. The lowest BCUT2D eigenvalue weighted by Crippen LogP contribution is -2.09. The van der Waals surface area contributed by atoms with Crippen molar-refractivity contribution in [3.63, 3.8) is 0 Å². The molecule has 4 N–H and O–H groups in total. The fourth-order valence-electron chi connectivity index (χ4n) is 0.620. The first kappa shape index (κ1) is 13.1. The molecule has 0 rings (SSSR count). The molecule has 0 spiro atoms. The lowest BCUT2D eigenvalue weighted by molar-refractivity contribution is -0.118. The van der Waals surface area contributed by atoms with Crippen LogP contribution in [0.4, 0.5) is 0 Å². The summed E-state index contributed by atoms with van der Waals surface area (Å²) in [5, 5.41) is 0. The molecule has 3 heteroatoms. The third-order valence-electron chi connectivity index (χ3n) is 1.13. The molecule has 0 atom stereocenters. The van der Waals surface area contributed by atoms with Gasteiger partial charge in [-0.3, -0.25) is 4.79 Å². The van der Waals surface area contributed by atoms with Crippen LogP contribution in [0.1, 0.15) is 42.4 Å². The Morgan fingerprint density at radius 2 is 1.82 bits per heavy atom. The van der Waals surface area contributed by atoms with Crippen LogP contribution in [0.25, 0.3) is 0 Å². The molecule has 0 aromatic carbocycles. The quantitative estimate of drug-likeness (QED) is 0.605. The van der Waals surface area contributed by atoms with E-state index in [1.807, 2.05) is 13.8 Å². The van der Waals surface area contributed by atoms with Gasteiger partial charge in [-0.25, -0.2) is 0 Å². The maximum atomic E-state index is 10.2. The summed E-state index contributed by atoms with van der Waals surface area (Å²) in [6, 6.07) is 0. The van der Waals surface area contributed by atoms with Crippen LogP contribution >= 0.6 is 0 Å². The molecular formula is C8H24N2O. The molecule has 0 aliphatic carbocycles. The van der Waals surface area contributed by atoms with Gasteiger partial charge in [-0.1, -0.05) is 20.3 Å². The Morgan fingerprint density at radius 3 is 2.18 bits per heavy atom. The summed E-state index contributed by atoms with van der Waals surface area (Å²) >= 11 is 0. The molecule has 0 radical (unpaired) electrons. The minimum absolute atomic E-state index is 0. The lowest BCUT2D eigenvalue weighted by Gasteiger charge is -1.93. The topological polar surface area (TPSA) is 69.1 Å². The molecular weight excluding hydrogens is 140 g/mol. The lowest BCUT2D eigenvalue weighted by atomic mass is 10.2. The molecule has 72 valence electrons. The minimum Gasteiger partial charge on any atom is -0.370 e. The zero-order valence-electron chi connectivity index (χ0n) is 7.60. The summed E-state index contributed by atoms with van der Waals surface area (Å²) in [7, 11) is 0. The van der Waals surface area contributed by atoms with Crippen molar-refractivity contribution in [2.45, 2.75) is 39.5 Å². The van der Waals surface area contributed by atoms with E-state index in [1.54, 1.807) is 0 Å². The highest BCUT2D eigenvalue weighted by atomic mass is 16.1. The van der Waals surface area contributed by atoms with E-state index in [1.165, 1.54) is 0 Å². The van der Waals surface area contributed by atoms with E-state index < -0.39 is 0 Å². The molecule has 1 amide bonds. The van der Waals surface area contributed by atoms with Crippen molar-refractivity contribution in [2.24, 2.45) is 11.5 Å². The Morgan fingerprint density at radius 1 is 1.27 bits per heavy atom. The van der Waals surface area contributed by atoms with Crippen molar-refractivity contribution in [3.05, 3.63) is 0 Å². The maximum Gasteiger partial charge on any atom is 0.217 e. The van der Waals surface area contributed by atoms with E-state index >= 15 is 0 Å². The van der Waals surface area contributed by atoms with Gasteiger partial charge in [0.05, 0.1) is 0 Å². The van der Waals surface area contributed by atoms with Crippen LogP contribution in [0.2, 0.25) is 0 Å². The predicted octanol–water partition coefficient (Wildman–Crippen LogP) is 1.51. The molecule has 3 nitrogen and oxygen atoms in total. The van der Waals surface area contributed by atoms with Crippen LogP contribution in [-0.4, -0.2) is 12.5 Å². The van der Waals surface area contributed by atoms with Gasteiger partial charge < -0.3 is 11.5 Å². The van der Waals surface area contributed by atoms with Crippen molar-refractivity contribution < 1.29 is 7.65 Å². The molecule has 0 fully saturated rings. The van der Waals surface area contributed by atoms with Crippen molar-refractivity contribution in [1.82, 2.24) is 0 Å². The van der Waals surface area contributed by atoms with E-state index in [0.717, 1.165) is 19.3 Å². The highest BCUT2D eigenvalue weighted by Crippen LogP contribution is 1.96. The summed E-state index contributed by atoms with van der Waals surface area (Å²) in [4.78, 5) is 10.2. The zero-order valence-corrected chi connectivity index (χ0v) is 7.60. The molecule has 0 aliphatic rings. The molecule has 0 aromatic heterocycles. The fraction of sp³-hybridized carbons (Fsp3) is 0.875. The van der Waals surface area contributed by atoms with Crippen LogP contribution in [0.3, 0.4) is 0 Å². The smallest absolute Gasteiger partial charge is 0.217 e. The van der Waals surface area contributed by atoms with Gasteiger partial charge in [0, 0.05) is 9.27 Å². The van der Waals surface area contributed by atoms with Crippen molar-refractivity contribution in [1.29, 1.82) is 0 Å². The highest BCUT2D eigenvalue weighted by molar-refractivity contribution is 5.73. The molecule has 0 unspecified atom stereocenters. The number of hydrogen-bond donors (Lipinski definition) is 2. The number of primary amides is 1. The SMILES string of the molecule is CC.NCCCCCC(N)=O.[HH].[HH]. The summed E-state index contributed by atoms with van der Waals surface area (Å²) < 4.78 is 0. The maximum absolute atomic E-state index is 10.2.